The van der Waals surface area contributed by atoms with Gasteiger partial charge in [-0.15, -0.1) is 5.10 Å². The van der Waals surface area contributed by atoms with E-state index in [9.17, 15) is 4.79 Å². The summed E-state index contributed by atoms with van der Waals surface area (Å²) in [5.41, 5.74) is 4.08. The van der Waals surface area contributed by atoms with E-state index >= 15 is 0 Å². The average molecular weight is 280 g/mol. The Bertz CT molecular complexity index is 593. The molecule has 19 heavy (non-hydrogen) atoms. The van der Waals surface area contributed by atoms with Crippen LogP contribution in [0.3, 0.4) is 0 Å². The molecule has 8 heteroatoms. The minimum absolute atomic E-state index is 0.172. The molecule has 0 spiro atoms. The SMILES string of the molecule is CCCn1c(SCc2cc(NN)ccn2)n[nH]c1=O. The molecule has 7 nitrogen and oxygen atoms in total. The van der Waals surface area contributed by atoms with Gasteiger partial charge >= 0.3 is 5.69 Å². The highest BCUT2D eigenvalue weighted by atomic mass is 32.2. The molecular formula is C11H16N6OS. The van der Waals surface area contributed by atoms with Crippen LogP contribution in [0.15, 0.2) is 28.3 Å². The molecule has 0 bridgehead atoms. The molecule has 0 unspecified atom stereocenters. The van der Waals surface area contributed by atoms with Gasteiger partial charge in [0.2, 0.25) is 0 Å². The molecule has 4 N–H and O–H groups in total. The number of pyridine rings is 1. The Kier molecular flexibility index (Phi) is 4.58. The molecule has 0 saturated carbocycles. The first-order valence-corrected chi connectivity index (χ1v) is 6.92. The van der Waals surface area contributed by atoms with Crippen molar-refractivity contribution in [3.8, 4) is 0 Å². The van der Waals surface area contributed by atoms with Crippen LogP contribution in [0, 0.1) is 0 Å². The molecule has 0 radical (unpaired) electrons. The highest BCUT2D eigenvalue weighted by Gasteiger charge is 2.08. The Morgan fingerprint density at radius 3 is 3.16 bits per heavy atom. The summed E-state index contributed by atoms with van der Waals surface area (Å²) in [6.45, 7) is 2.68. The normalized spacial score (nSPS) is 10.6. The van der Waals surface area contributed by atoms with Crippen molar-refractivity contribution in [1.29, 1.82) is 0 Å². The fraction of sp³-hybridized carbons (Fsp3) is 0.364. The first-order valence-electron chi connectivity index (χ1n) is 5.94. The van der Waals surface area contributed by atoms with E-state index in [1.807, 2.05) is 13.0 Å². The average Bonchev–Trinajstić information content (AvgIpc) is 2.78. The second-order valence-electron chi connectivity index (χ2n) is 3.93. The number of nitrogens with one attached hydrogen (secondary N) is 2. The van der Waals surface area contributed by atoms with Crippen LogP contribution in [0.2, 0.25) is 0 Å². The van der Waals surface area contributed by atoms with Crippen molar-refractivity contribution in [2.75, 3.05) is 5.43 Å². The molecule has 102 valence electrons. The van der Waals surface area contributed by atoms with Gasteiger partial charge in [0.25, 0.3) is 0 Å². The fourth-order valence-electron chi connectivity index (χ4n) is 1.62. The third kappa shape index (κ3) is 3.36. The molecular weight excluding hydrogens is 264 g/mol. The number of nitrogens with two attached hydrogens (primary N) is 1. The Labute approximate surface area is 114 Å². The monoisotopic (exact) mass is 280 g/mol. The molecule has 2 aromatic heterocycles. The Balaban J connectivity index is 2.07. The lowest BCUT2D eigenvalue weighted by molar-refractivity contribution is 0.603. The summed E-state index contributed by atoms with van der Waals surface area (Å²) in [4.78, 5) is 15.8. The predicted molar refractivity (Wildman–Crippen MR) is 74.7 cm³/mol. The van der Waals surface area contributed by atoms with E-state index in [1.54, 1.807) is 16.8 Å². The van der Waals surface area contributed by atoms with Crippen molar-refractivity contribution in [1.82, 2.24) is 19.7 Å². The molecule has 0 aromatic carbocycles. The minimum atomic E-state index is -0.172. The Hall–Kier alpha value is -1.80. The van der Waals surface area contributed by atoms with E-state index in [2.05, 4.69) is 20.6 Å². The number of aromatic nitrogens is 4. The molecule has 0 aliphatic heterocycles. The van der Waals surface area contributed by atoms with Gasteiger partial charge in [-0.3, -0.25) is 15.4 Å². The van der Waals surface area contributed by atoms with Crippen LogP contribution < -0.4 is 17.0 Å². The number of aromatic amines is 1. The second-order valence-corrected chi connectivity index (χ2v) is 4.87. The van der Waals surface area contributed by atoms with E-state index in [0.717, 1.165) is 17.8 Å². The van der Waals surface area contributed by atoms with Gasteiger partial charge < -0.3 is 5.43 Å². The number of thioether (sulfide) groups is 1. The second kappa shape index (κ2) is 6.39. The summed E-state index contributed by atoms with van der Waals surface area (Å²) in [7, 11) is 0. The molecule has 2 rings (SSSR count). The minimum Gasteiger partial charge on any atom is -0.324 e. The maximum atomic E-state index is 11.5. The van der Waals surface area contributed by atoms with Gasteiger partial charge in [0, 0.05) is 18.5 Å². The summed E-state index contributed by atoms with van der Waals surface area (Å²) in [6.07, 6.45) is 2.58. The molecule has 2 aromatic rings. The number of nitrogen functional groups attached to an aromatic ring is 1. The van der Waals surface area contributed by atoms with Crippen LogP contribution in [-0.2, 0) is 12.3 Å². The highest BCUT2D eigenvalue weighted by Crippen LogP contribution is 2.19. The largest absolute Gasteiger partial charge is 0.343 e. The van der Waals surface area contributed by atoms with E-state index in [4.69, 9.17) is 5.84 Å². The summed E-state index contributed by atoms with van der Waals surface area (Å²) < 4.78 is 1.63. The number of H-pyrrole nitrogens is 1. The zero-order valence-electron chi connectivity index (χ0n) is 10.6. The van der Waals surface area contributed by atoms with Crippen molar-refractivity contribution in [2.24, 2.45) is 5.84 Å². The zero-order valence-corrected chi connectivity index (χ0v) is 11.4. The van der Waals surface area contributed by atoms with Crippen molar-refractivity contribution in [3.63, 3.8) is 0 Å². The van der Waals surface area contributed by atoms with E-state index in [0.29, 0.717) is 17.5 Å². The van der Waals surface area contributed by atoms with Crippen LogP contribution in [0.25, 0.3) is 0 Å². The van der Waals surface area contributed by atoms with Gasteiger partial charge in [0.1, 0.15) is 0 Å². The Morgan fingerprint density at radius 2 is 2.42 bits per heavy atom. The number of hydrogen-bond acceptors (Lipinski definition) is 6. The zero-order chi connectivity index (χ0) is 13.7. The molecule has 0 fully saturated rings. The van der Waals surface area contributed by atoms with Gasteiger partial charge in [-0.05, 0) is 18.6 Å². The lowest BCUT2D eigenvalue weighted by Crippen LogP contribution is -2.17. The fourth-order valence-corrected chi connectivity index (χ4v) is 2.49. The lowest BCUT2D eigenvalue weighted by Gasteiger charge is -2.04. The lowest BCUT2D eigenvalue weighted by atomic mass is 10.3. The predicted octanol–water partition coefficient (Wildman–Crippen LogP) is 0.954. The smallest absolute Gasteiger partial charge is 0.324 e. The van der Waals surface area contributed by atoms with Crippen molar-refractivity contribution >= 4 is 17.4 Å². The number of anilines is 1. The van der Waals surface area contributed by atoms with Crippen LogP contribution in [0.1, 0.15) is 19.0 Å². The topological polar surface area (TPSA) is 102 Å². The molecule has 0 saturated heterocycles. The standard InChI is InChI=1S/C11H16N6OS/c1-2-5-17-10(18)15-16-11(17)19-7-9-6-8(14-12)3-4-13-9/h3-4,6H,2,5,7,12H2,1H3,(H,13,14)(H,15,18). The number of rotatable bonds is 6. The quantitative estimate of drug-likeness (QED) is 0.414. The number of hydrazine groups is 1. The summed E-state index contributed by atoms with van der Waals surface area (Å²) >= 11 is 1.47. The molecule has 0 aliphatic rings. The van der Waals surface area contributed by atoms with Crippen LogP contribution in [0.4, 0.5) is 5.69 Å². The van der Waals surface area contributed by atoms with Crippen LogP contribution in [-0.4, -0.2) is 19.7 Å². The number of hydrogen-bond donors (Lipinski definition) is 3. The van der Waals surface area contributed by atoms with Gasteiger partial charge in [-0.25, -0.2) is 9.89 Å². The van der Waals surface area contributed by atoms with Crippen LogP contribution >= 0.6 is 11.8 Å². The first kappa shape index (κ1) is 13.6. The maximum Gasteiger partial charge on any atom is 0.343 e. The van der Waals surface area contributed by atoms with E-state index < -0.39 is 0 Å². The van der Waals surface area contributed by atoms with Crippen molar-refractivity contribution in [2.45, 2.75) is 30.8 Å². The van der Waals surface area contributed by atoms with Crippen molar-refractivity contribution in [3.05, 3.63) is 34.5 Å². The third-order valence-corrected chi connectivity index (χ3v) is 3.51. The molecule has 0 aliphatic carbocycles. The summed E-state index contributed by atoms with van der Waals surface area (Å²) in [5, 5.41) is 7.16. The van der Waals surface area contributed by atoms with E-state index in [-0.39, 0.29) is 5.69 Å². The molecule has 0 amide bonds. The molecule has 0 atom stereocenters. The summed E-state index contributed by atoms with van der Waals surface area (Å²) in [5.74, 6) is 5.97. The van der Waals surface area contributed by atoms with Gasteiger partial charge in [-0.2, -0.15) is 0 Å². The highest BCUT2D eigenvalue weighted by molar-refractivity contribution is 7.98. The van der Waals surface area contributed by atoms with Crippen molar-refractivity contribution < 1.29 is 0 Å². The first-order chi connectivity index (χ1) is 9.24. The van der Waals surface area contributed by atoms with Gasteiger partial charge in [0.15, 0.2) is 5.16 Å². The maximum absolute atomic E-state index is 11.5. The molecule has 2 heterocycles. The third-order valence-electron chi connectivity index (χ3n) is 2.50. The summed E-state index contributed by atoms with van der Waals surface area (Å²) in [6, 6.07) is 3.65. The van der Waals surface area contributed by atoms with Gasteiger partial charge in [-0.1, -0.05) is 18.7 Å². The number of nitrogens with zero attached hydrogens (tertiary/aromatic N) is 3. The Morgan fingerprint density at radius 1 is 1.58 bits per heavy atom. The van der Waals surface area contributed by atoms with Crippen LogP contribution in [0.5, 0.6) is 0 Å². The van der Waals surface area contributed by atoms with E-state index in [1.165, 1.54) is 11.8 Å². The van der Waals surface area contributed by atoms with Gasteiger partial charge in [0.05, 0.1) is 11.4 Å².